The number of aliphatic hydroxyl groups is 1. The Morgan fingerprint density at radius 3 is 2.00 bits per heavy atom. The van der Waals surface area contributed by atoms with E-state index in [0.717, 1.165) is 0 Å². The second kappa shape index (κ2) is 7.47. The van der Waals surface area contributed by atoms with E-state index >= 15 is 0 Å². The number of azo groups is 1. The van der Waals surface area contributed by atoms with Crippen LogP contribution in [0.5, 0.6) is 0 Å². The van der Waals surface area contributed by atoms with Crippen LogP contribution in [0.25, 0.3) is 0 Å². The van der Waals surface area contributed by atoms with Crippen LogP contribution in [-0.4, -0.2) is 37.0 Å². The molecule has 1 aliphatic carbocycles. The minimum absolute atomic E-state index is 0.0821. The van der Waals surface area contributed by atoms with Crippen molar-refractivity contribution < 1.29 is 29.0 Å². The molecule has 8 nitrogen and oxygen atoms in total. The second-order valence-electron chi connectivity index (χ2n) is 6.69. The fourth-order valence-corrected chi connectivity index (χ4v) is 2.64. The number of benzene rings is 1. The smallest absolute Gasteiger partial charge is 0.337 e. The third-order valence-electron chi connectivity index (χ3n) is 3.85. The number of Topliss-reactive ketones (excluding diaryl/α,β-unsaturated/α-hetero) is 1. The molecule has 1 aromatic carbocycles. The van der Waals surface area contributed by atoms with Gasteiger partial charge in [-0.25, -0.2) is 9.59 Å². The number of carbonyl (C=O) groups is 3. The number of aliphatic hydroxyl groups excluding tert-OH is 1. The van der Waals surface area contributed by atoms with Crippen LogP contribution in [0.4, 0.5) is 5.69 Å². The van der Waals surface area contributed by atoms with Crippen LogP contribution in [0.1, 0.15) is 47.4 Å². The number of rotatable bonds is 4. The number of hydrogen-bond acceptors (Lipinski definition) is 8. The molecule has 0 amide bonds. The number of methoxy groups -OCH3 is 2. The number of carbonyl (C=O) groups excluding carboxylic acids is 3. The lowest BCUT2D eigenvalue weighted by Gasteiger charge is -2.27. The zero-order valence-electron chi connectivity index (χ0n) is 15.0. The van der Waals surface area contributed by atoms with Crippen LogP contribution in [0.15, 0.2) is 39.9 Å². The van der Waals surface area contributed by atoms with E-state index in [9.17, 15) is 19.5 Å². The number of hydrogen-bond donors (Lipinski definition) is 1. The summed E-state index contributed by atoms with van der Waals surface area (Å²) in [6.07, 6.45) is 0.545. The first kappa shape index (κ1) is 19.3. The van der Waals surface area contributed by atoms with E-state index in [1.807, 2.05) is 13.8 Å². The number of allylic oxidation sites excluding steroid dienone is 2. The Morgan fingerprint density at radius 2 is 1.54 bits per heavy atom. The third-order valence-corrected chi connectivity index (χ3v) is 3.85. The predicted octanol–water partition coefficient (Wildman–Crippen LogP) is 3.50. The molecule has 0 fully saturated rings. The molecular formula is C18H20N2O6. The molecule has 0 heterocycles. The molecule has 0 atom stereocenters. The summed E-state index contributed by atoms with van der Waals surface area (Å²) in [5.74, 6) is -1.78. The first-order chi connectivity index (χ1) is 12.2. The van der Waals surface area contributed by atoms with Gasteiger partial charge in [0.15, 0.2) is 11.5 Å². The first-order valence-corrected chi connectivity index (χ1v) is 7.85. The lowest BCUT2D eigenvalue weighted by atomic mass is 9.78. The topological polar surface area (TPSA) is 115 Å². The Bertz CT molecular complexity index is 789. The van der Waals surface area contributed by atoms with Gasteiger partial charge < -0.3 is 14.6 Å². The minimum Gasteiger partial charge on any atom is -0.510 e. The highest BCUT2D eigenvalue weighted by molar-refractivity contribution is 5.97. The fourth-order valence-electron chi connectivity index (χ4n) is 2.64. The van der Waals surface area contributed by atoms with Crippen molar-refractivity contribution in [1.29, 1.82) is 0 Å². The van der Waals surface area contributed by atoms with Crippen molar-refractivity contribution in [2.24, 2.45) is 15.6 Å². The molecule has 1 N–H and O–H groups in total. The molecule has 0 unspecified atom stereocenters. The Labute approximate surface area is 150 Å². The summed E-state index contributed by atoms with van der Waals surface area (Å²) < 4.78 is 9.29. The summed E-state index contributed by atoms with van der Waals surface area (Å²) in [6, 6.07) is 4.02. The maximum absolute atomic E-state index is 12.2. The SMILES string of the molecule is COC(=O)c1cc(N=NC2=C(O)CC(C)(C)CC2=O)cc(C(=O)OC)c1. The zero-order chi connectivity index (χ0) is 19.5. The van der Waals surface area contributed by atoms with Crippen molar-refractivity contribution in [2.45, 2.75) is 26.7 Å². The minimum atomic E-state index is -0.662. The zero-order valence-corrected chi connectivity index (χ0v) is 15.0. The molecule has 0 aromatic heterocycles. The van der Waals surface area contributed by atoms with E-state index in [1.54, 1.807) is 0 Å². The van der Waals surface area contributed by atoms with Crippen LogP contribution in [0.3, 0.4) is 0 Å². The standard InChI is InChI=1S/C18H20N2O6/c1-18(2)8-13(21)15(14(22)9-18)20-19-12-6-10(16(23)25-3)5-11(7-12)17(24)26-4/h5-7,21H,8-9H2,1-4H3. The van der Waals surface area contributed by atoms with E-state index in [1.165, 1.54) is 32.4 Å². The van der Waals surface area contributed by atoms with Crippen molar-refractivity contribution in [3.8, 4) is 0 Å². The lowest BCUT2D eigenvalue weighted by molar-refractivity contribution is -0.118. The molecule has 2 rings (SSSR count). The Hall–Kier alpha value is -3.03. The van der Waals surface area contributed by atoms with E-state index in [2.05, 4.69) is 19.7 Å². The quantitative estimate of drug-likeness (QED) is 0.649. The Balaban J connectivity index is 2.42. The monoisotopic (exact) mass is 360 g/mol. The molecule has 0 spiro atoms. The van der Waals surface area contributed by atoms with Crippen molar-refractivity contribution in [2.75, 3.05) is 14.2 Å². The lowest BCUT2D eigenvalue weighted by Crippen LogP contribution is -2.25. The normalized spacial score (nSPS) is 16.7. The Morgan fingerprint density at radius 1 is 1.00 bits per heavy atom. The highest BCUT2D eigenvalue weighted by Gasteiger charge is 2.33. The van der Waals surface area contributed by atoms with Gasteiger partial charge >= 0.3 is 11.9 Å². The van der Waals surface area contributed by atoms with E-state index in [0.29, 0.717) is 6.42 Å². The number of nitrogens with zero attached hydrogens (tertiary/aromatic N) is 2. The second-order valence-corrected chi connectivity index (χ2v) is 6.69. The number of ketones is 1. The highest BCUT2D eigenvalue weighted by Crippen LogP contribution is 2.36. The first-order valence-electron chi connectivity index (χ1n) is 7.85. The average molecular weight is 360 g/mol. The average Bonchev–Trinajstić information content (AvgIpc) is 2.58. The molecule has 138 valence electrons. The molecule has 1 aromatic rings. The largest absolute Gasteiger partial charge is 0.510 e. The van der Waals surface area contributed by atoms with Crippen molar-refractivity contribution in [1.82, 2.24) is 0 Å². The predicted molar refractivity (Wildman–Crippen MR) is 91.3 cm³/mol. The number of ether oxygens (including phenoxy) is 2. The van der Waals surface area contributed by atoms with Gasteiger partial charge in [0.05, 0.1) is 31.0 Å². The molecule has 1 aliphatic rings. The molecule has 0 bridgehead atoms. The van der Waals surface area contributed by atoms with Crippen molar-refractivity contribution >= 4 is 23.4 Å². The van der Waals surface area contributed by atoms with E-state index in [4.69, 9.17) is 0 Å². The van der Waals surface area contributed by atoms with Gasteiger partial charge in [0.25, 0.3) is 0 Å². The van der Waals surface area contributed by atoms with Gasteiger partial charge in [0.2, 0.25) is 0 Å². The van der Waals surface area contributed by atoms with Crippen molar-refractivity contribution in [3.63, 3.8) is 0 Å². The van der Waals surface area contributed by atoms with Crippen LogP contribution in [0.2, 0.25) is 0 Å². The molecular weight excluding hydrogens is 340 g/mol. The highest BCUT2D eigenvalue weighted by atomic mass is 16.5. The maximum atomic E-state index is 12.2. The number of esters is 2. The van der Waals surface area contributed by atoms with Gasteiger partial charge in [-0.15, -0.1) is 5.11 Å². The van der Waals surface area contributed by atoms with Crippen LogP contribution in [-0.2, 0) is 14.3 Å². The molecule has 0 saturated heterocycles. The summed E-state index contributed by atoms with van der Waals surface area (Å²) in [6.45, 7) is 3.75. The molecule has 0 aliphatic heterocycles. The fraction of sp³-hybridized carbons (Fsp3) is 0.389. The third kappa shape index (κ3) is 4.33. The van der Waals surface area contributed by atoms with Crippen LogP contribution >= 0.6 is 0 Å². The summed E-state index contributed by atoms with van der Waals surface area (Å²) in [5, 5.41) is 17.8. The summed E-state index contributed by atoms with van der Waals surface area (Å²) in [7, 11) is 2.42. The molecule has 0 saturated carbocycles. The van der Waals surface area contributed by atoms with Gasteiger partial charge in [-0.1, -0.05) is 13.8 Å². The van der Waals surface area contributed by atoms with Gasteiger partial charge in [-0.05, 0) is 23.6 Å². The Kier molecular flexibility index (Phi) is 5.54. The maximum Gasteiger partial charge on any atom is 0.337 e. The van der Waals surface area contributed by atoms with Crippen LogP contribution < -0.4 is 0 Å². The summed E-state index contributed by atoms with van der Waals surface area (Å²) in [4.78, 5) is 35.7. The summed E-state index contributed by atoms with van der Waals surface area (Å²) in [5.41, 5.74) is -0.154. The molecule has 26 heavy (non-hydrogen) atoms. The van der Waals surface area contributed by atoms with Crippen molar-refractivity contribution in [3.05, 3.63) is 40.8 Å². The molecule has 0 radical (unpaired) electrons. The van der Waals surface area contributed by atoms with Gasteiger partial charge in [0, 0.05) is 12.8 Å². The summed E-state index contributed by atoms with van der Waals surface area (Å²) >= 11 is 0. The van der Waals surface area contributed by atoms with Crippen LogP contribution in [0, 0.1) is 5.41 Å². The van der Waals surface area contributed by atoms with E-state index < -0.39 is 11.9 Å². The van der Waals surface area contributed by atoms with E-state index in [-0.39, 0.29) is 45.9 Å². The van der Waals surface area contributed by atoms with Gasteiger partial charge in [-0.2, -0.15) is 5.11 Å². The molecule has 8 heteroatoms. The van der Waals surface area contributed by atoms with Gasteiger partial charge in [0.1, 0.15) is 5.76 Å². The van der Waals surface area contributed by atoms with Gasteiger partial charge in [-0.3, -0.25) is 4.79 Å².